The molecule has 1 aliphatic rings. The Morgan fingerprint density at radius 1 is 0.971 bits per heavy atom. The predicted molar refractivity (Wildman–Crippen MR) is 118 cm³/mol. The summed E-state index contributed by atoms with van der Waals surface area (Å²) in [6.07, 6.45) is -9.39. The van der Waals surface area contributed by atoms with Crippen LogP contribution in [-0.4, -0.2) is 76.4 Å². The minimum absolute atomic E-state index is 0.0910. The number of ether oxygens (including phenoxy) is 4. The van der Waals surface area contributed by atoms with Gasteiger partial charge in [0.2, 0.25) is 12.0 Å². The monoisotopic (exact) mass is 490 g/mol. The lowest BCUT2D eigenvalue weighted by atomic mass is 9.99. The molecule has 35 heavy (non-hydrogen) atoms. The van der Waals surface area contributed by atoms with Crippen LogP contribution in [0.15, 0.2) is 45.6 Å². The Bertz CT molecular complexity index is 1320. The van der Waals surface area contributed by atoms with Gasteiger partial charge in [-0.15, -0.1) is 0 Å². The summed E-state index contributed by atoms with van der Waals surface area (Å²) in [6, 6.07) is 8.91. The number of rotatable bonds is 6. The van der Waals surface area contributed by atoms with Crippen LogP contribution in [-0.2, 0) is 9.53 Å². The number of fused-ring (bicyclic) bond motifs is 1. The highest BCUT2D eigenvalue weighted by Crippen LogP contribution is 2.43. The van der Waals surface area contributed by atoms with E-state index < -0.39 is 47.9 Å². The molecule has 1 fully saturated rings. The standard InChI is InChI=1S/C23H22O12/c1-31-12-6-4-3-5-9(12)13-7-10(24)15-11(25)8-14(19(32-2)20(15)33-13)34-23-18(28)16(26)17(27)21(35-23)22(29)30/h3-8,16-18,21,23,25-28H,1-2H3,(H,29,30)/t16-,17-,18-,21-,23+/m1/s1. The molecular weight excluding hydrogens is 468 g/mol. The summed E-state index contributed by atoms with van der Waals surface area (Å²) in [4.78, 5) is 24.2. The molecule has 2 aromatic carbocycles. The van der Waals surface area contributed by atoms with Crippen molar-refractivity contribution in [2.24, 2.45) is 0 Å². The molecule has 12 heteroatoms. The summed E-state index contributed by atoms with van der Waals surface area (Å²) in [7, 11) is 2.67. The molecule has 4 rings (SSSR count). The van der Waals surface area contributed by atoms with Gasteiger partial charge in [-0.2, -0.15) is 0 Å². The van der Waals surface area contributed by atoms with Crippen molar-refractivity contribution in [2.45, 2.75) is 30.7 Å². The largest absolute Gasteiger partial charge is 0.507 e. The summed E-state index contributed by atoms with van der Waals surface area (Å²) in [5.74, 6) is -2.14. The molecule has 5 atom stereocenters. The Morgan fingerprint density at radius 3 is 2.34 bits per heavy atom. The zero-order chi connectivity index (χ0) is 25.4. The van der Waals surface area contributed by atoms with Crippen molar-refractivity contribution in [3.63, 3.8) is 0 Å². The van der Waals surface area contributed by atoms with Gasteiger partial charge in [-0.25, -0.2) is 4.79 Å². The van der Waals surface area contributed by atoms with Crippen molar-refractivity contribution in [1.82, 2.24) is 0 Å². The number of hydrogen-bond acceptors (Lipinski definition) is 11. The lowest BCUT2D eigenvalue weighted by Crippen LogP contribution is -2.61. The van der Waals surface area contributed by atoms with E-state index >= 15 is 0 Å². The smallest absolute Gasteiger partial charge is 0.335 e. The van der Waals surface area contributed by atoms with Gasteiger partial charge < -0.3 is 48.9 Å². The summed E-state index contributed by atoms with van der Waals surface area (Å²) < 4.78 is 27.2. The fraction of sp³-hybridized carbons (Fsp3) is 0.304. The van der Waals surface area contributed by atoms with Gasteiger partial charge in [0.25, 0.3) is 0 Å². The number of carbonyl (C=O) groups is 1. The number of hydrogen-bond donors (Lipinski definition) is 5. The second kappa shape index (κ2) is 9.43. The van der Waals surface area contributed by atoms with Gasteiger partial charge >= 0.3 is 5.97 Å². The van der Waals surface area contributed by atoms with E-state index in [0.29, 0.717) is 11.3 Å². The molecule has 0 spiro atoms. The third kappa shape index (κ3) is 4.23. The molecule has 3 aromatic rings. The zero-order valence-electron chi connectivity index (χ0n) is 18.4. The lowest BCUT2D eigenvalue weighted by molar-refractivity contribution is -0.271. The molecule has 0 radical (unpaired) electrons. The van der Waals surface area contributed by atoms with Gasteiger partial charge in [-0.1, -0.05) is 12.1 Å². The normalized spacial score (nSPS) is 24.2. The second-order valence-electron chi connectivity index (χ2n) is 7.66. The number of aromatic hydroxyl groups is 1. The van der Waals surface area contributed by atoms with E-state index in [1.165, 1.54) is 20.3 Å². The summed E-state index contributed by atoms with van der Waals surface area (Å²) in [5, 5.41) is 49.7. The molecule has 12 nitrogen and oxygen atoms in total. The van der Waals surface area contributed by atoms with Gasteiger partial charge in [-0.05, 0) is 12.1 Å². The van der Waals surface area contributed by atoms with Gasteiger partial charge in [0, 0.05) is 12.1 Å². The minimum atomic E-state index is -1.92. The Labute approximate surface area is 197 Å². The van der Waals surface area contributed by atoms with Crippen LogP contribution in [0.2, 0.25) is 0 Å². The maximum Gasteiger partial charge on any atom is 0.335 e. The van der Waals surface area contributed by atoms with Crippen LogP contribution in [0.25, 0.3) is 22.3 Å². The Balaban J connectivity index is 1.84. The highest BCUT2D eigenvalue weighted by molar-refractivity contribution is 5.92. The summed E-state index contributed by atoms with van der Waals surface area (Å²) in [6.45, 7) is 0. The maximum absolute atomic E-state index is 12.9. The van der Waals surface area contributed by atoms with E-state index in [2.05, 4.69) is 0 Å². The van der Waals surface area contributed by atoms with Crippen molar-refractivity contribution < 1.29 is 53.7 Å². The van der Waals surface area contributed by atoms with Gasteiger partial charge in [0.15, 0.2) is 22.9 Å². The third-order valence-corrected chi connectivity index (χ3v) is 5.53. The quantitative estimate of drug-likeness (QED) is 0.322. The first-order chi connectivity index (χ1) is 16.7. The van der Waals surface area contributed by atoms with Gasteiger partial charge in [0.05, 0.1) is 19.8 Å². The van der Waals surface area contributed by atoms with Crippen LogP contribution < -0.4 is 19.6 Å². The predicted octanol–water partition coefficient (Wildman–Crippen LogP) is 0.454. The number of aliphatic carboxylic acids is 1. The summed E-state index contributed by atoms with van der Waals surface area (Å²) >= 11 is 0. The van der Waals surface area contributed by atoms with Crippen molar-refractivity contribution in [2.75, 3.05) is 14.2 Å². The molecule has 0 saturated carbocycles. The fourth-order valence-corrected chi connectivity index (χ4v) is 3.81. The van der Waals surface area contributed by atoms with E-state index in [4.69, 9.17) is 23.4 Å². The number of aliphatic hydroxyl groups excluding tert-OH is 3. The second-order valence-corrected chi connectivity index (χ2v) is 7.66. The molecule has 0 unspecified atom stereocenters. The first kappa shape index (κ1) is 24.3. The molecule has 0 amide bonds. The Kier molecular flexibility index (Phi) is 6.54. The highest BCUT2D eigenvalue weighted by atomic mass is 16.7. The SMILES string of the molecule is COc1ccccc1-c1cc(=O)c2c(O)cc(O[C@H]3O[C@@H](C(=O)O)[C@H](O)[C@@H](O)[C@H]3O)c(OC)c2o1. The zero-order valence-corrected chi connectivity index (χ0v) is 18.4. The number of aliphatic hydroxyl groups is 3. The number of carboxylic acid groups (broad SMARTS) is 1. The lowest BCUT2D eigenvalue weighted by Gasteiger charge is -2.38. The topological polar surface area (TPSA) is 185 Å². The Hall–Kier alpha value is -3.84. The average molecular weight is 490 g/mol. The van der Waals surface area contributed by atoms with Crippen LogP contribution in [0, 0.1) is 0 Å². The van der Waals surface area contributed by atoms with Crippen molar-refractivity contribution in [1.29, 1.82) is 0 Å². The fourth-order valence-electron chi connectivity index (χ4n) is 3.81. The van der Waals surface area contributed by atoms with E-state index in [9.17, 15) is 35.1 Å². The van der Waals surface area contributed by atoms with E-state index in [1.807, 2.05) is 0 Å². The third-order valence-electron chi connectivity index (χ3n) is 5.53. The van der Waals surface area contributed by atoms with E-state index in [1.54, 1.807) is 24.3 Å². The molecule has 186 valence electrons. The molecular formula is C23H22O12. The number of carboxylic acids is 1. The number of benzene rings is 2. The summed E-state index contributed by atoms with van der Waals surface area (Å²) in [5.41, 5.74) is -0.376. The van der Waals surface area contributed by atoms with Crippen LogP contribution in [0.1, 0.15) is 0 Å². The van der Waals surface area contributed by atoms with Gasteiger partial charge in [0.1, 0.15) is 41.0 Å². The van der Waals surface area contributed by atoms with Crippen molar-refractivity contribution in [3.8, 4) is 34.3 Å². The molecule has 0 bridgehead atoms. The minimum Gasteiger partial charge on any atom is -0.507 e. The molecule has 5 N–H and O–H groups in total. The van der Waals surface area contributed by atoms with Crippen molar-refractivity contribution >= 4 is 16.9 Å². The molecule has 0 aliphatic carbocycles. The molecule has 1 aliphatic heterocycles. The van der Waals surface area contributed by atoms with E-state index in [-0.39, 0.29) is 28.2 Å². The molecule has 1 saturated heterocycles. The van der Waals surface area contributed by atoms with Crippen LogP contribution in [0.3, 0.4) is 0 Å². The molecule has 1 aromatic heterocycles. The maximum atomic E-state index is 12.9. The number of phenolic OH excluding ortho intramolecular Hbond substituents is 1. The highest BCUT2D eigenvalue weighted by Gasteiger charge is 2.48. The first-order valence-electron chi connectivity index (χ1n) is 10.3. The molecule has 2 heterocycles. The first-order valence-corrected chi connectivity index (χ1v) is 10.3. The van der Waals surface area contributed by atoms with Crippen LogP contribution in [0.5, 0.6) is 23.0 Å². The number of methoxy groups -OCH3 is 2. The Morgan fingerprint density at radius 2 is 1.69 bits per heavy atom. The van der Waals surface area contributed by atoms with E-state index in [0.717, 1.165) is 6.07 Å². The number of para-hydroxylation sites is 1. The van der Waals surface area contributed by atoms with Crippen LogP contribution in [0.4, 0.5) is 0 Å². The van der Waals surface area contributed by atoms with Crippen LogP contribution >= 0.6 is 0 Å². The number of phenols is 1. The van der Waals surface area contributed by atoms with Gasteiger partial charge in [-0.3, -0.25) is 4.79 Å². The van der Waals surface area contributed by atoms with Crippen molar-refractivity contribution in [3.05, 3.63) is 46.6 Å². The average Bonchev–Trinajstić information content (AvgIpc) is 2.83.